The number of likely N-dealkylation sites (tertiary alicyclic amines) is 1. The summed E-state index contributed by atoms with van der Waals surface area (Å²) in [7, 11) is 2.21. The van der Waals surface area contributed by atoms with Gasteiger partial charge in [-0.25, -0.2) is 0 Å². The molecule has 0 radical (unpaired) electrons. The first-order chi connectivity index (χ1) is 10.2. The molecule has 2 atom stereocenters. The van der Waals surface area contributed by atoms with Crippen molar-refractivity contribution in [3.05, 3.63) is 53.6 Å². The molecule has 1 saturated heterocycles. The van der Waals surface area contributed by atoms with Crippen LogP contribution in [0.5, 0.6) is 0 Å². The highest BCUT2D eigenvalue weighted by Crippen LogP contribution is 2.37. The van der Waals surface area contributed by atoms with Crippen molar-refractivity contribution < 1.29 is 0 Å². The quantitative estimate of drug-likeness (QED) is 0.768. The van der Waals surface area contributed by atoms with Crippen LogP contribution >= 0.6 is 0 Å². The zero-order valence-corrected chi connectivity index (χ0v) is 12.8. The Morgan fingerprint density at radius 1 is 1.05 bits per heavy atom. The van der Waals surface area contributed by atoms with Gasteiger partial charge in [0.05, 0.1) is 0 Å². The maximum absolute atomic E-state index is 3.72. The van der Waals surface area contributed by atoms with Gasteiger partial charge in [-0.3, -0.25) is 0 Å². The zero-order valence-electron chi connectivity index (χ0n) is 12.8. The summed E-state index contributed by atoms with van der Waals surface area (Å²) >= 11 is 0. The van der Waals surface area contributed by atoms with Crippen LogP contribution in [-0.2, 0) is 6.42 Å². The number of fused-ring (bicyclic) bond motifs is 3. The molecule has 108 valence electrons. The molecule has 0 bridgehead atoms. The van der Waals surface area contributed by atoms with Crippen LogP contribution in [0.3, 0.4) is 0 Å². The molecule has 2 heteroatoms. The first-order valence-electron chi connectivity index (χ1n) is 7.88. The lowest BCUT2D eigenvalue weighted by Gasteiger charge is -2.15. The van der Waals surface area contributed by atoms with Gasteiger partial charge >= 0.3 is 0 Å². The summed E-state index contributed by atoms with van der Waals surface area (Å²) in [5.41, 5.74) is 7.01. The van der Waals surface area contributed by atoms with Crippen LogP contribution in [0.4, 0.5) is 5.69 Å². The summed E-state index contributed by atoms with van der Waals surface area (Å²) < 4.78 is 0. The van der Waals surface area contributed by atoms with Gasteiger partial charge in [0.25, 0.3) is 0 Å². The minimum absolute atomic E-state index is 0.576. The minimum atomic E-state index is 0.576. The van der Waals surface area contributed by atoms with Crippen molar-refractivity contribution in [2.75, 3.05) is 18.9 Å². The number of rotatable bonds is 2. The Hall–Kier alpha value is -1.80. The Balaban J connectivity index is 1.56. The molecule has 2 unspecified atom stereocenters. The molecule has 2 aliphatic rings. The van der Waals surface area contributed by atoms with Crippen LogP contribution in [-0.4, -0.2) is 30.6 Å². The molecule has 21 heavy (non-hydrogen) atoms. The molecule has 1 N–H and O–H groups in total. The van der Waals surface area contributed by atoms with Gasteiger partial charge < -0.3 is 10.2 Å². The Morgan fingerprint density at radius 2 is 1.86 bits per heavy atom. The van der Waals surface area contributed by atoms with Crippen molar-refractivity contribution in [3.8, 4) is 11.1 Å². The normalized spacial score (nSPS) is 23.9. The molecule has 0 aromatic heterocycles. The van der Waals surface area contributed by atoms with E-state index >= 15 is 0 Å². The predicted molar refractivity (Wildman–Crippen MR) is 88.8 cm³/mol. The number of nitrogens with zero attached hydrogens (tertiary/aromatic N) is 1. The van der Waals surface area contributed by atoms with Crippen LogP contribution in [0.2, 0.25) is 0 Å². The third kappa shape index (κ3) is 2.24. The summed E-state index contributed by atoms with van der Waals surface area (Å²) in [5, 5.41) is 3.72. The molecule has 2 aromatic rings. The lowest BCUT2D eigenvalue weighted by Crippen LogP contribution is -2.24. The van der Waals surface area contributed by atoms with Crippen molar-refractivity contribution in [1.29, 1.82) is 0 Å². The maximum atomic E-state index is 3.72. The van der Waals surface area contributed by atoms with Crippen LogP contribution in [0, 0.1) is 0 Å². The summed E-state index contributed by atoms with van der Waals surface area (Å²) in [6.45, 7) is 3.44. The molecule has 2 aromatic carbocycles. The van der Waals surface area contributed by atoms with Gasteiger partial charge in [-0.2, -0.15) is 0 Å². The highest BCUT2D eigenvalue weighted by atomic mass is 15.2. The van der Waals surface area contributed by atoms with E-state index in [1.807, 2.05) is 0 Å². The van der Waals surface area contributed by atoms with E-state index in [0.717, 1.165) is 13.0 Å². The first-order valence-corrected chi connectivity index (χ1v) is 7.88. The van der Waals surface area contributed by atoms with Crippen LogP contribution in [0.15, 0.2) is 42.5 Å². The van der Waals surface area contributed by atoms with Crippen molar-refractivity contribution >= 4 is 5.69 Å². The number of likely N-dealkylation sites (N-methyl/N-ethyl adjacent to an activating group) is 1. The average Bonchev–Trinajstić information content (AvgIpc) is 2.99. The van der Waals surface area contributed by atoms with Gasteiger partial charge in [0.2, 0.25) is 0 Å². The topological polar surface area (TPSA) is 15.3 Å². The second-order valence-electron chi connectivity index (χ2n) is 6.57. The number of hydrogen-bond donors (Lipinski definition) is 1. The van der Waals surface area contributed by atoms with E-state index in [1.54, 1.807) is 0 Å². The van der Waals surface area contributed by atoms with E-state index in [0.29, 0.717) is 12.1 Å². The molecule has 1 fully saturated rings. The average molecular weight is 278 g/mol. The molecular weight excluding hydrogens is 256 g/mol. The first kappa shape index (κ1) is 12.9. The molecule has 2 nitrogen and oxygen atoms in total. The third-order valence-corrected chi connectivity index (χ3v) is 5.05. The number of benzene rings is 2. The Kier molecular flexibility index (Phi) is 3.00. The van der Waals surface area contributed by atoms with Crippen molar-refractivity contribution in [3.63, 3.8) is 0 Å². The van der Waals surface area contributed by atoms with Crippen LogP contribution < -0.4 is 5.32 Å². The standard InChI is InChI=1S/C19H22N2/c1-13-9-17(12-21(13)2)20-16-7-8-19-15(11-16)10-14-5-3-4-6-18(14)19/h3-8,11,13,17,20H,9-10,12H2,1-2H3. The van der Waals surface area contributed by atoms with Crippen LogP contribution in [0.25, 0.3) is 11.1 Å². The van der Waals surface area contributed by atoms with E-state index < -0.39 is 0 Å². The highest BCUT2D eigenvalue weighted by Gasteiger charge is 2.26. The lowest BCUT2D eigenvalue weighted by molar-refractivity contribution is 0.330. The summed E-state index contributed by atoms with van der Waals surface area (Å²) in [6, 6.07) is 16.9. The summed E-state index contributed by atoms with van der Waals surface area (Å²) in [6.07, 6.45) is 2.30. The van der Waals surface area contributed by atoms with E-state index in [1.165, 1.54) is 34.4 Å². The fourth-order valence-corrected chi connectivity index (χ4v) is 3.77. The maximum Gasteiger partial charge on any atom is 0.0403 e. The molecule has 1 aliphatic carbocycles. The lowest BCUT2D eigenvalue weighted by atomic mass is 10.1. The fourth-order valence-electron chi connectivity index (χ4n) is 3.77. The zero-order chi connectivity index (χ0) is 14.4. The molecule has 0 spiro atoms. The van der Waals surface area contributed by atoms with E-state index in [-0.39, 0.29) is 0 Å². The molecule has 4 rings (SSSR count). The van der Waals surface area contributed by atoms with E-state index in [2.05, 4.69) is 66.7 Å². The van der Waals surface area contributed by atoms with Crippen molar-refractivity contribution in [2.45, 2.75) is 31.8 Å². The van der Waals surface area contributed by atoms with Crippen LogP contribution in [0.1, 0.15) is 24.5 Å². The summed E-state index contributed by atoms with van der Waals surface area (Å²) in [4.78, 5) is 2.43. The van der Waals surface area contributed by atoms with Gasteiger partial charge in [-0.1, -0.05) is 30.3 Å². The number of nitrogens with one attached hydrogen (secondary N) is 1. The smallest absolute Gasteiger partial charge is 0.0403 e. The molecule has 1 aliphatic heterocycles. The van der Waals surface area contributed by atoms with Crippen molar-refractivity contribution in [1.82, 2.24) is 4.90 Å². The number of hydrogen-bond acceptors (Lipinski definition) is 2. The molecule has 0 saturated carbocycles. The molecule has 1 heterocycles. The van der Waals surface area contributed by atoms with Gasteiger partial charge in [0.1, 0.15) is 0 Å². The molecule has 0 amide bonds. The SMILES string of the molecule is CC1CC(Nc2ccc3c(c2)Cc2ccccc2-3)CN1C. The Morgan fingerprint density at radius 3 is 2.67 bits per heavy atom. The third-order valence-electron chi connectivity index (χ3n) is 5.05. The Labute approximate surface area is 126 Å². The van der Waals surface area contributed by atoms with Gasteiger partial charge in [-0.05, 0) is 61.2 Å². The summed E-state index contributed by atoms with van der Waals surface area (Å²) in [5.74, 6) is 0. The monoisotopic (exact) mass is 278 g/mol. The fraction of sp³-hybridized carbons (Fsp3) is 0.368. The van der Waals surface area contributed by atoms with E-state index in [4.69, 9.17) is 0 Å². The van der Waals surface area contributed by atoms with E-state index in [9.17, 15) is 0 Å². The van der Waals surface area contributed by atoms with Gasteiger partial charge in [0, 0.05) is 24.3 Å². The molecular formula is C19H22N2. The predicted octanol–water partition coefficient (Wildman–Crippen LogP) is 3.76. The second kappa shape index (κ2) is 4.88. The number of anilines is 1. The van der Waals surface area contributed by atoms with Gasteiger partial charge in [-0.15, -0.1) is 0 Å². The minimum Gasteiger partial charge on any atom is -0.381 e. The highest BCUT2D eigenvalue weighted by molar-refractivity contribution is 5.78. The van der Waals surface area contributed by atoms with Gasteiger partial charge in [0.15, 0.2) is 0 Å². The largest absolute Gasteiger partial charge is 0.381 e. The second-order valence-corrected chi connectivity index (χ2v) is 6.57. The Bertz CT molecular complexity index is 667. The van der Waals surface area contributed by atoms with Crippen molar-refractivity contribution in [2.24, 2.45) is 0 Å².